The van der Waals surface area contributed by atoms with E-state index in [4.69, 9.17) is 0 Å². The summed E-state index contributed by atoms with van der Waals surface area (Å²) >= 11 is 7.33. The molecule has 0 aliphatic carbocycles. The van der Waals surface area contributed by atoms with Gasteiger partial charge in [-0.2, -0.15) is 0 Å². The van der Waals surface area contributed by atoms with E-state index in [1.807, 2.05) is 0 Å². The van der Waals surface area contributed by atoms with Crippen molar-refractivity contribution in [3.8, 4) is 0 Å². The van der Waals surface area contributed by atoms with Crippen molar-refractivity contribution in [1.29, 1.82) is 0 Å². The summed E-state index contributed by atoms with van der Waals surface area (Å²) in [4.78, 5) is 0. The molecule has 0 aliphatic heterocycles. The summed E-state index contributed by atoms with van der Waals surface area (Å²) in [7, 11) is 0. The first kappa shape index (κ1) is 7.16. The number of rotatable bonds is 0. The van der Waals surface area contributed by atoms with Gasteiger partial charge >= 0.3 is 58.5 Å². The second kappa shape index (κ2) is 2.47. The molecule has 0 spiro atoms. The van der Waals surface area contributed by atoms with Crippen molar-refractivity contribution in [2.24, 2.45) is 0 Å². The first-order valence-corrected chi connectivity index (χ1v) is 17.8. The molecule has 0 radical (unpaired) electrons. The van der Waals surface area contributed by atoms with Gasteiger partial charge in [0.2, 0.25) is 0 Å². The van der Waals surface area contributed by atoms with Gasteiger partial charge in [-0.15, -0.1) is 0 Å². The van der Waals surface area contributed by atoms with Crippen LogP contribution in [0.15, 0.2) is 0 Å². The van der Waals surface area contributed by atoms with Crippen molar-refractivity contribution in [2.75, 3.05) is 0 Å². The quantitative estimate of drug-likeness (QED) is 0.449. The van der Waals surface area contributed by atoms with Crippen LogP contribution in [0.3, 0.4) is 0 Å². The molecule has 0 N–H and O–H groups in total. The molecule has 0 aromatic heterocycles. The van der Waals surface area contributed by atoms with Crippen molar-refractivity contribution in [3.63, 3.8) is 0 Å². The minimum atomic E-state index is -2.90. The fourth-order valence-corrected chi connectivity index (χ4v) is 0. The molecule has 0 fully saturated rings. The molecule has 0 heterocycles. The molecule has 0 aromatic rings. The second-order valence-corrected chi connectivity index (χ2v) is 42.2. The summed E-state index contributed by atoms with van der Waals surface area (Å²) < 4.78 is 11.7. The molecule has 0 saturated carbocycles. The Hall–Kier alpha value is 2.16. The minimum absolute atomic E-state index is 1.73. The SMILES string of the molecule is [F][Ge]([Br])([Br])[I]. The normalized spacial score (nSPS) is 12.0. The van der Waals surface area contributed by atoms with Gasteiger partial charge in [0.1, 0.15) is 0 Å². The summed E-state index contributed by atoms with van der Waals surface area (Å²) in [6, 6.07) is 0. The first-order valence-electron chi connectivity index (χ1n) is 0.756. The van der Waals surface area contributed by atoms with Crippen molar-refractivity contribution in [2.45, 2.75) is 0 Å². The molecule has 0 saturated heterocycles. The number of hydrogen-bond donors (Lipinski definition) is 0. The van der Waals surface area contributed by atoms with Crippen LogP contribution in [0.25, 0.3) is 0 Å². The van der Waals surface area contributed by atoms with E-state index in [1.54, 1.807) is 20.2 Å². The van der Waals surface area contributed by atoms with E-state index >= 15 is 0 Å². The first-order chi connectivity index (χ1) is 2.00. The van der Waals surface area contributed by atoms with Crippen molar-refractivity contribution < 1.29 is 3.50 Å². The molecule has 5 heteroatoms. The molecule has 0 aromatic carbocycles. The van der Waals surface area contributed by atoms with E-state index in [2.05, 4.69) is 28.0 Å². The topological polar surface area (TPSA) is 0 Å². The van der Waals surface area contributed by atoms with Crippen LogP contribution in [0, 0.1) is 0 Å². The van der Waals surface area contributed by atoms with Crippen LogP contribution in [-0.2, 0) is 0 Å². The van der Waals surface area contributed by atoms with Gasteiger partial charge in [0, 0.05) is 0 Å². The Balaban J connectivity index is 3.02. The third kappa shape index (κ3) is 22.8. The van der Waals surface area contributed by atoms with E-state index < -0.39 is 6.74 Å². The molecule has 0 amide bonds. The fraction of sp³-hybridized carbons (Fsp3) is 0. The van der Waals surface area contributed by atoms with Crippen molar-refractivity contribution in [3.05, 3.63) is 0 Å². The molecule has 0 nitrogen and oxygen atoms in total. The Morgan fingerprint density at radius 1 is 1.60 bits per heavy atom. The van der Waals surface area contributed by atoms with Crippen LogP contribution in [0.5, 0.6) is 0 Å². The van der Waals surface area contributed by atoms with E-state index in [1.165, 1.54) is 0 Å². The van der Waals surface area contributed by atoms with Gasteiger partial charge in [0.05, 0.1) is 0 Å². The molecular formula is Br2FGeI. The Morgan fingerprint density at radius 2 is 1.60 bits per heavy atom. The third-order valence-corrected chi connectivity index (χ3v) is 0. The zero-order valence-electron chi connectivity index (χ0n) is 2.01. The van der Waals surface area contributed by atoms with Crippen molar-refractivity contribution in [1.82, 2.24) is 0 Å². The Morgan fingerprint density at radius 3 is 1.60 bits per heavy atom. The van der Waals surface area contributed by atoms with Crippen LogP contribution < -0.4 is 0 Å². The predicted octanol–water partition coefficient (Wildman–Crippen LogP) is 2.62. The summed E-state index contributed by atoms with van der Waals surface area (Å²) in [5.41, 5.74) is 0. The van der Waals surface area contributed by atoms with Crippen LogP contribution in [0.4, 0.5) is 3.50 Å². The second-order valence-electron chi connectivity index (χ2n) is 0.429. The molecule has 0 unspecified atom stereocenters. The fourth-order valence-electron chi connectivity index (χ4n) is 0. The zero-order valence-corrected chi connectivity index (χ0v) is 9.44. The Labute approximate surface area is 57.6 Å². The van der Waals surface area contributed by atoms with Gasteiger partial charge in [-0.25, -0.2) is 0 Å². The van der Waals surface area contributed by atoms with Gasteiger partial charge in [-0.05, 0) is 0 Å². The average Bonchev–Trinajstić information content (AvgIpc) is 0.722. The zero-order chi connectivity index (χ0) is 4.50. The van der Waals surface area contributed by atoms with E-state index in [0.29, 0.717) is 0 Å². The molecule has 32 valence electrons. The van der Waals surface area contributed by atoms with E-state index in [0.717, 1.165) is 0 Å². The van der Waals surface area contributed by atoms with Crippen LogP contribution >= 0.6 is 48.2 Å². The monoisotopic (exact) mass is 378 g/mol. The average molecular weight is 378 g/mol. The van der Waals surface area contributed by atoms with Crippen LogP contribution in [0.2, 0.25) is 0 Å². The molecule has 0 rings (SSSR count). The molecule has 0 atom stereocenters. The van der Waals surface area contributed by atoms with Gasteiger partial charge in [0.25, 0.3) is 0 Å². The van der Waals surface area contributed by atoms with Crippen molar-refractivity contribution >= 4 is 55.0 Å². The summed E-state index contributed by atoms with van der Waals surface area (Å²) in [5.74, 6) is 0. The van der Waals surface area contributed by atoms with E-state index in [9.17, 15) is 3.50 Å². The summed E-state index contributed by atoms with van der Waals surface area (Å²) in [6.45, 7) is -2.90. The Kier molecular flexibility index (Phi) is 3.53. The van der Waals surface area contributed by atoms with Crippen LogP contribution in [0.1, 0.15) is 0 Å². The maximum atomic E-state index is 11.7. The number of halogens is 4. The molecule has 5 heavy (non-hydrogen) atoms. The van der Waals surface area contributed by atoms with Gasteiger partial charge in [0.15, 0.2) is 0 Å². The molecular weight excluding hydrogens is 378 g/mol. The standard InChI is InChI=1S/Br2FGeI/c1-4(2,3)5. The summed E-state index contributed by atoms with van der Waals surface area (Å²) in [5, 5.41) is 0. The van der Waals surface area contributed by atoms with Gasteiger partial charge in [-0.1, -0.05) is 0 Å². The summed E-state index contributed by atoms with van der Waals surface area (Å²) in [6.07, 6.45) is 0. The van der Waals surface area contributed by atoms with E-state index in [-0.39, 0.29) is 0 Å². The Bertz CT molecular complexity index is 25.1. The molecule has 0 aliphatic rings. The number of hydrogen-bond acceptors (Lipinski definition) is 0. The third-order valence-electron chi connectivity index (χ3n) is 0. The van der Waals surface area contributed by atoms with Crippen LogP contribution in [-0.4, -0.2) is 6.74 Å². The van der Waals surface area contributed by atoms with Gasteiger partial charge < -0.3 is 0 Å². The predicted molar refractivity (Wildman–Crippen MR) is 38.7 cm³/mol. The van der Waals surface area contributed by atoms with Gasteiger partial charge in [-0.3, -0.25) is 0 Å². The molecule has 0 bridgehead atoms. The maximum absolute atomic E-state index is 11.7.